The normalized spacial score (nSPS) is 13.7. The van der Waals surface area contributed by atoms with Gasteiger partial charge in [-0.3, -0.25) is 0 Å². The summed E-state index contributed by atoms with van der Waals surface area (Å²) < 4.78 is 10.8. The fourth-order valence-corrected chi connectivity index (χ4v) is 4.54. The minimum Gasteiger partial charge on any atom is -0.462 e. The first kappa shape index (κ1) is 18.8. The second kappa shape index (κ2) is 9.05. The number of esters is 2. The molecule has 0 radical (unpaired) electrons. The fraction of sp³-hybridized carbons (Fsp3) is 0.235. The van der Waals surface area contributed by atoms with Gasteiger partial charge in [0.15, 0.2) is 0 Å². The second-order valence-electron chi connectivity index (χ2n) is 4.50. The summed E-state index contributed by atoms with van der Waals surface area (Å²) in [5.74, 6) is -1.04. The summed E-state index contributed by atoms with van der Waals surface area (Å²) in [4.78, 5) is 25.3. The molecule has 0 N–H and O–H groups in total. The van der Waals surface area contributed by atoms with Crippen LogP contribution in [0.15, 0.2) is 50.5 Å². The van der Waals surface area contributed by atoms with E-state index in [0.717, 1.165) is 9.80 Å². The van der Waals surface area contributed by atoms with Gasteiger partial charge >= 0.3 is 11.9 Å². The number of thiocarbonyl (C=S) groups is 1. The largest absolute Gasteiger partial charge is 0.462 e. The van der Waals surface area contributed by atoms with Crippen LogP contribution in [0.4, 0.5) is 0 Å². The third-order valence-electron chi connectivity index (χ3n) is 2.84. The van der Waals surface area contributed by atoms with Crippen LogP contribution in [0, 0.1) is 0 Å². The number of rotatable bonds is 6. The first-order valence-electron chi connectivity index (χ1n) is 7.32. The maximum Gasteiger partial charge on any atom is 0.346 e. The summed E-state index contributed by atoms with van der Waals surface area (Å²) in [6.45, 7) is 3.92. The van der Waals surface area contributed by atoms with Crippen molar-refractivity contribution in [3.8, 4) is 0 Å². The van der Waals surface area contributed by atoms with Gasteiger partial charge in [-0.2, -0.15) is 0 Å². The SMILES string of the molecule is CCOC(=O)C1=C(C(=O)OCC)SC(=CC(=S)c2ccccc2)S1. The van der Waals surface area contributed by atoms with Crippen LogP contribution in [-0.4, -0.2) is 30.0 Å². The summed E-state index contributed by atoms with van der Waals surface area (Å²) in [6, 6.07) is 9.55. The lowest BCUT2D eigenvalue weighted by Gasteiger charge is -2.04. The zero-order valence-electron chi connectivity index (χ0n) is 13.2. The van der Waals surface area contributed by atoms with E-state index in [1.54, 1.807) is 19.9 Å². The van der Waals surface area contributed by atoms with Gasteiger partial charge in [0.25, 0.3) is 0 Å². The van der Waals surface area contributed by atoms with Crippen LogP contribution in [0.3, 0.4) is 0 Å². The summed E-state index contributed by atoms with van der Waals surface area (Å²) >= 11 is 7.78. The summed E-state index contributed by atoms with van der Waals surface area (Å²) in [6.07, 6.45) is 1.78. The molecular weight excluding hydrogens is 364 g/mol. The van der Waals surface area contributed by atoms with Crippen LogP contribution in [0.2, 0.25) is 0 Å². The number of ether oxygens (including phenoxy) is 2. The van der Waals surface area contributed by atoms with Crippen LogP contribution in [0.5, 0.6) is 0 Å². The lowest BCUT2D eigenvalue weighted by Crippen LogP contribution is -2.11. The zero-order valence-corrected chi connectivity index (χ0v) is 15.7. The molecule has 0 bridgehead atoms. The van der Waals surface area contributed by atoms with Crippen molar-refractivity contribution >= 4 is 52.5 Å². The van der Waals surface area contributed by atoms with E-state index in [0.29, 0.717) is 4.86 Å². The lowest BCUT2D eigenvalue weighted by atomic mass is 10.1. The predicted octanol–water partition coefficient (Wildman–Crippen LogP) is 4.06. The molecular formula is C17H16O4S3. The fourth-order valence-electron chi connectivity index (χ4n) is 1.83. The molecule has 0 spiro atoms. The molecule has 126 valence electrons. The maximum atomic E-state index is 12.1. The molecule has 0 amide bonds. The molecule has 0 aliphatic carbocycles. The van der Waals surface area contributed by atoms with Crippen LogP contribution >= 0.6 is 35.7 Å². The third-order valence-corrected chi connectivity index (χ3v) is 5.61. The van der Waals surface area contributed by atoms with E-state index in [1.165, 1.54) is 23.5 Å². The van der Waals surface area contributed by atoms with Crippen molar-refractivity contribution in [3.05, 3.63) is 56.0 Å². The van der Waals surface area contributed by atoms with Gasteiger partial charge in [-0.1, -0.05) is 66.1 Å². The molecule has 0 unspecified atom stereocenters. The van der Waals surface area contributed by atoms with Gasteiger partial charge in [0, 0.05) is 4.86 Å². The van der Waals surface area contributed by atoms with Crippen LogP contribution in [0.25, 0.3) is 0 Å². The predicted molar refractivity (Wildman–Crippen MR) is 102 cm³/mol. The molecule has 1 aromatic carbocycles. The molecule has 0 aromatic heterocycles. The Labute approximate surface area is 154 Å². The molecule has 0 atom stereocenters. The van der Waals surface area contributed by atoms with Crippen molar-refractivity contribution in [1.29, 1.82) is 0 Å². The molecule has 24 heavy (non-hydrogen) atoms. The maximum absolute atomic E-state index is 12.1. The number of carbonyl (C=O) groups excluding carboxylic acids is 2. The van der Waals surface area contributed by atoms with Gasteiger partial charge in [0.1, 0.15) is 9.81 Å². The topological polar surface area (TPSA) is 52.6 Å². The van der Waals surface area contributed by atoms with Gasteiger partial charge in [-0.15, -0.1) is 0 Å². The Hall–Kier alpha value is -1.57. The first-order chi connectivity index (χ1) is 11.6. The van der Waals surface area contributed by atoms with Gasteiger partial charge in [0.05, 0.1) is 17.5 Å². The van der Waals surface area contributed by atoms with Gasteiger partial charge in [-0.25, -0.2) is 9.59 Å². The Bertz CT molecular complexity index is 676. The molecule has 1 aromatic rings. The highest BCUT2D eigenvalue weighted by Gasteiger charge is 2.32. The van der Waals surface area contributed by atoms with Crippen LogP contribution in [0.1, 0.15) is 19.4 Å². The number of benzene rings is 1. The third kappa shape index (κ3) is 4.72. The number of thioether (sulfide) groups is 2. The van der Waals surface area contributed by atoms with Crippen molar-refractivity contribution < 1.29 is 19.1 Å². The Kier molecular flexibility index (Phi) is 7.08. The highest BCUT2D eigenvalue weighted by Crippen LogP contribution is 2.50. The summed E-state index contributed by atoms with van der Waals surface area (Å²) in [5, 5.41) is 0. The molecule has 0 fully saturated rings. The van der Waals surface area contributed by atoms with E-state index >= 15 is 0 Å². The first-order valence-corrected chi connectivity index (χ1v) is 9.36. The Morgan fingerprint density at radius 1 is 1.00 bits per heavy atom. The van der Waals surface area contributed by atoms with E-state index < -0.39 is 11.9 Å². The average molecular weight is 381 g/mol. The Balaban J connectivity index is 2.23. The summed E-state index contributed by atoms with van der Waals surface area (Å²) in [7, 11) is 0. The molecule has 1 aliphatic heterocycles. The molecule has 7 heteroatoms. The second-order valence-corrected chi connectivity index (χ2v) is 7.30. The van der Waals surface area contributed by atoms with E-state index in [9.17, 15) is 9.59 Å². The standard InChI is InChI=1S/C17H16O4S3/c1-3-20-16(18)14-15(17(19)21-4-2)24-13(23-14)10-12(22)11-8-6-5-7-9-11/h5-10H,3-4H2,1-2H3. The average Bonchev–Trinajstić information content (AvgIpc) is 3.00. The van der Waals surface area contributed by atoms with Crippen molar-refractivity contribution in [2.45, 2.75) is 13.8 Å². The Morgan fingerprint density at radius 2 is 1.50 bits per heavy atom. The highest BCUT2D eigenvalue weighted by atomic mass is 32.2. The summed E-state index contributed by atoms with van der Waals surface area (Å²) in [5.41, 5.74) is 0.906. The molecule has 1 heterocycles. The minimum atomic E-state index is -0.521. The monoisotopic (exact) mass is 380 g/mol. The molecule has 1 aliphatic rings. The van der Waals surface area contributed by atoms with E-state index in [-0.39, 0.29) is 23.0 Å². The van der Waals surface area contributed by atoms with E-state index in [4.69, 9.17) is 21.7 Å². The van der Waals surface area contributed by atoms with E-state index in [2.05, 4.69) is 0 Å². The van der Waals surface area contributed by atoms with Gasteiger partial charge in [-0.05, 0) is 25.5 Å². The van der Waals surface area contributed by atoms with Gasteiger partial charge in [0.2, 0.25) is 0 Å². The van der Waals surface area contributed by atoms with Crippen molar-refractivity contribution in [3.63, 3.8) is 0 Å². The quantitative estimate of drug-likeness (QED) is 0.319. The van der Waals surface area contributed by atoms with E-state index in [1.807, 2.05) is 30.3 Å². The van der Waals surface area contributed by atoms with Crippen LogP contribution < -0.4 is 0 Å². The number of carbonyl (C=O) groups is 2. The number of hydrogen-bond donors (Lipinski definition) is 0. The van der Waals surface area contributed by atoms with Crippen molar-refractivity contribution in [2.24, 2.45) is 0 Å². The minimum absolute atomic E-state index is 0.241. The number of allylic oxidation sites excluding steroid dienone is 1. The van der Waals surface area contributed by atoms with Crippen LogP contribution in [-0.2, 0) is 19.1 Å². The van der Waals surface area contributed by atoms with Crippen molar-refractivity contribution in [2.75, 3.05) is 13.2 Å². The lowest BCUT2D eigenvalue weighted by molar-refractivity contribution is -0.140. The zero-order chi connectivity index (χ0) is 17.5. The smallest absolute Gasteiger partial charge is 0.346 e. The van der Waals surface area contributed by atoms with Gasteiger partial charge < -0.3 is 9.47 Å². The molecule has 0 saturated heterocycles. The molecule has 2 rings (SSSR count). The molecule has 4 nitrogen and oxygen atoms in total. The Morgan fingerprint density at radius 3 is 1.96 bits per heavy atom. The number of hydrogen-bond acceptors (Lipinski definition) is 7. The highest BCUT2D eigenvalue weighted by molar-refractivity contribution is 8.29. The van der Waals surface area contributed by atoms with Crippen molar-refractivity contribution in [1.82, 2.24) is 0 Å². The molecule has 0 saturated carbocycles.